The van der Waals surface area contributed by atoms with Gasteiger partial charge in [0.1, 0.15) is 0 Å². The van der Waals surface area contributed by atoms with Crippen LogP contribution < -0.4 is 0 Å². The lowest BCUT2D eigenvalue weighted by Gasteiger charge is -2.01. The molecule has 2 aromatic rings. The van der Waals surface area contributed by atoms with E-state index in [1.54, 1.807) is 12.3 Å². The zero-order chi connectivity index (χ0) is 11.2. The average Bonchev–Trinajstić information content (AvgIpc) is 2.43. The molecule has 0 amide bonds. The summed E-state index contributed by atoms with van der Waals surface area (Å²) in [6.45, 7) is 0. The van der Waals surface area contributed by atoms with E-state index in [1.807, 2.05) is 12.1 Å². The maximum Gasteiger partial charge on any atom is 0.236 e. The molecule has 0 bridgehead atoms. The van der Waals surface area contributed by atoms with E-state index in [9.17, 15) is 8.42 Å². The summed E-state index contributed by atoms with van der Waals surface area (Å²) in [6.07, 6.45) is 2.83. The highest BCUT2D eigenvalue weighted by molar-refractivity contribution is 14.1. The quantitative estimate of drug-likeness (QED) is 0.691. The Hall–Kier alpha value is -0.0800. The van der Waals surface area contributed by atoms with Crippen molar-refractivity contribution in [2.45, 2.75) is 0 Å². The van der Waals surface area contributed by atoms with Gasteiger partial charge in [-0.15, -0.1) is 0 Å². The van der Waals surface area contributed by atoms with Gasteiger partial charge in [-0.1, -0.05) is 15.9 Å². The van der Waals surface area contributed by atoms with E-state index in [1.165, 1.54) is 10.2 Å². The van der Waals surface area contributed by atoms with E-state index < -0.39 is 10.0 Å². The fourth-order valence-electron chi connectivity index (χ4n) is 1.41. The molecule has 0 saturated heterocycles. The van der Waals surface area contributed by atoms with Gasteiger partial charge in [0.15, 0.2) is 0 Å². The molecule has 1 aromatic carbocycles. The van der Waals surface area contributed by atoms with Gasteiger partial charge in [-0.3, -0.25) is 0 Å². The van der Waals surface area contributed by atoms with Crippen molar-refractivity contribution in [2.75, 3.05) is 6.26 Å². The number of hydrogen-bond acceptors (Lipinski definition) is 2. The first-order chi connectivity index (χ1) is 6.89. The van der Waals surface area contributed by atoms with Crippen molar-refractivity contribution in [1.82, 2.24) is 3.97 Å². The molecule has 6 heteroatoms. The number of fused-ring (bicyclic) bond motifs is 1. The van der Waals surface area contributed by atoms with Gasteiger partial charge in [-0.05, 0) is 40.8 Å². The summed E-state index contributed by atoms with van der Waals surface area (Å²) in [6, 6.07) is 5.54. The van der Waals surface area contributed by atoms with Gasteiger partial charge in [0.2, 0.25) is 10.0 Å². The van der Waals surface area contributed by atoms with Crippen molar-refractivity contribution in [2.24, 2.45) is 0 Å². The molecule has 0 aliphatic rings. The van der Waals surface area contributed by atoms with Crippen molar-refractivity contribution in [3.05, 3.63) is 32.4 Å². The molecule has 3 nitrogen and oxygen atoms in total. The molecule has 0 spiro atoms. The van der Waals surface area contributed by atoms with Crippen LogP contribution >= 0.6 is 38.5 Å². The Bertz CT molecular complexity index is 633. The summed E-state index contributed by atoms with van der Waals surface area (Å²) in [4.78, 5) is 0. The molecule has 1 aromatic heterocycles. The average molecular weight is 400 g/mol. The van der Waals surface area contributed by atoms with Crippen molar-refractivity contribution >= 4 is 59.4 Å². The zero-order valence-electron chi connectivity index (χ0n) is 7.74. The normalized spacial score (nSPS) is 12.2. The minimum atomic E-state index is -3.22. The van der Waals surface area contributed by atoms with E-state index in [4.69, 9.17) is 0 Å². The molecule has 0 fully saturated rings. The molecule has 0 aliphatic carbocycles. The topological polar surface area (TPSA) is 39.1 Å². The molecule has 0 saturated carbocycles. The Kier molecular flexibility index (Phi) is 2.85. The van der Waals surface area contributed by atoms with E-state index in [0.29, 0.717) is 5.52 Å². The van der Waals surface area contributed by atoms with E-state index in [2.05, 4.69) is 38.5 Å². The summed E-state index contributed by atoms with van der Waals surface area (Å²) < 4.78 is 26.2. The van der Waals surface area contributed by atoms with Gasteiger partial charge in [0.05, 0.1) is 11.8 Å². The van der Waals surface area contributed by atoms with Crippen LogP contribution in [-0.4, -0.2) is 18.6 Å². The third-order valence-electron chi connectivity index (χ3n) is 2.04. The zero-order valence-corrected chi connectivity index (χ0v) is 12.3. The molecule has 80 valence electrons. The van der Waals surface area contributed by atoms with Crippen LogP contribution in [0.3, 0.4) is 0 Å². The predicted molar refractivity (Wildman–Crippen MR) is 72.6 cm³/mol. The molecular weight excluding hydrogens is 393 g/mol. The van der Waals surface area contributed by atoms with Crippen LogP contribution in [0.15, 0.2) is 28.9 Å². The van der Waals surface area contributed by atoms with Gasteiger partial charge in [0, 0.05) is 19.6 Å². The highest BCUT2D eigenvalue weighted by Crippen LogP contribution is 2.27. The van der Waals surface area contributed by atoms with Gasteiger partial charge < -0.3 is 0 Å². The first-order valence-electron chi connectivity index (χ1n) is 4.06. The molecule has 0 aliphatic heterocycles. The summed E-state index contributed by atoms with van der Waals surface area (Å²) >= 11 is 5.49. The van der Waals surface area contributed by atoms with E-state index in [-0.39, 0.29) is 0 Å². The van der Waals surface area contributed by atoms with Gasteiger partial charge in [0.25, 0.3) is 0 Å². The fraction of sp³-hybridized carbons (Fsp3) is 0.111. The summed E-state index contributed by atoms with van der Waals surface area (Å²) in [7, 11) is -3.22. The van der Waals surface area contributed by atoms with Crippen molar-refractivity contribution in [1.29, 1.82) is 0 Å². The molecule has 2 rings (SSSR count). The Morgan fingerprint density at radius 3 is 2.67 bits per heavy atom. The van der Waals surface area contributed by atoms with Crippen LogP contribution in [0.5, 0.6) is 0 Å². The molecule has 1 heterocycles. The van der Waals surface area contributed by atoms with Crippen LogP contribution in [0.2, 0.25) is 0 Å². The van der Waals surface area contributed by atoms with E-state index >= 15 is 0 Å². The Balaban J connectivity index is 2.92. The molecule has 0 atom stereocenters. The molecule has 0 N–H and O–H groups in total. The van der Waals surface area contributed by atoms with Crippen LogP contribution in [0.1, 0.15) is 0 Å². The van der Waals surface area contributed by atoms with Crippen molar-refractivity contribution in [3.8, 4) is 0 Å². The SMILES string of the molecule is CS(=O)(=O)n1cc(I)c2cc(Br)ccc21. The smallest absolute Gasteiger partial charge is 0.236 e. The summed E-state index contributed by atoms with van der Waals surface area (Å²) in [5.74, 6) is 0. The highest BCUT2D eigenvalue weighted by atomic mass is 127. The van der Waals surface area contributed by atoms with Crippen LogP contribution in [-0.2, 0) is 10.0 Å². The lowest BCUT2D eigenvalue weighted by molar-refractivity contribution is 0.595. The second-order valence-corrected chi connectivity index (χ2v) is 7.13. The van der Waals surface area contributed by atoms with Gasteiger partial charge in [-0.2, -0.15) is 0 Å². The summed E-state index contributed by atoms with van der Waals surface area (Å²) in [5, 5.41) is 0.940. The largest absolute Gasteiger partial charge is 0.244 e. The number of hydrogen-bond donors (Lipinski definition) is 0. The lowest BCUT2D eigenvalue weighted by atomic mass is 10.3. The maximum absolute atomic E-state index is 11.5. The standard InChI is InChI=1S/C9H7BrINO2S/c1-15(13,14)12-5-8(11)7-4-6(10)2-3-9(7)12/h2-5H,1H3. The highest BCUT2D eigenvalue weighted by Gasteiger charge is 2.13. The number of benzene rings is 1. The third-order valence-corrected chi connectivity index (χ3v) is 4.41. The second-order valence-electron chi connectivity index (χ2n) is 3.20. The maximum atomic E-state index is 11.5. The Morgan fingerprint density at radius 1 is 1.40 bits per heavy atom. The number of halogens is 2. The van der Waals surface area contributed by atoms with Crippen molar-refractivity contribution in [3.63, 3.8) is 0 Å². The molecule has 0 unspecified atom stereocenters. The number of nitrogens with zero attached hydrogens (tertiary/aromatic N) is 1. The molecular formula is C9H7BrINO2S. The minimum absolute atomic E-state index is 0.713. The monoisotopic (exact) mass is 399 g/mol. The van der Waals surface area contributed by atoms with Gasteiger partial charge >= 0.3 is 0 Å². The van der Waals surface area contributed by atoms with Crippen LogP contribution in [0.25, 0.3) is 10.9 Å². The predicted octanol–water partition coefficient (Wildman–Crippen LogP) is 2.82. The van der Waals surface area contributed by atoms with Crippen LogP contribution in [0, 0.1) is 3.57 Å². The number of rotatable bonds is 1. The van der Waals surface area contributed by atoms with Crippen molar-refractivity contribution < 1.29 is 8.42 Å². The Labute approximate surface area is 110 Å². The first-order valence-corrected chi connectivity index (χ1v) is 7.78. The van der Waals surface area contributed by atoms with Gasteiger partial charge in [-0.25, -0.2) is 12.4 Å². The minimum Gasteiger partial charge on any atom is -0.244 e. The summed E-state index contributed by atoms with van der Waals surface area (Å²) in [5.41, 5.74) is 0.713. The van der Waals surface area contributed by atoms with Crippen LogP contribution in [0.4, 0.5) is 0 Å². The Morgan fingerprint density at radius 2 is 2.07 bits per heavy atom. The fourth-order valence-corrected chi connectivity index (χ4v) is 3.48. The molecule has 15 heavy (non-hydrogen) atoms. The van der Waals surface area contributed by atoms with E-state index in [0.717, 1.165) is 13.4 Å². The molecule has 0 radical (unpaired) electrons. The third kappa shape index (κ3) is 2.07. The number of aromatic nitrogens is 1. The second kappa shape index (κ2) is 3.74. The first kappa shape index (κ1) is 11.4. The lowest BCUT2D eigenvalue weighted by Crippen LogP contribution is -2.07.